The highest BCUT2D eigenvalue weighted by atomic mass is 16.3. The predicted molar refractivity (Wildman–Crippen MR) is 46.0 cm³/mol. The molecule has 0 bridgehead atoms. The van der Waals surface area contributed by atoms with Gasteiger partial charge in [-0.2, -0.15) is 5.10 Å². The molecule has 0 aromatic carbocycles. The van der Waals surface area contributed by atoms with Crippen LogP contribution in [0.3, 0.4) is 0 Å². The zero-order valence-electron chi connectivity index (χ0n) is 15.0. The van der Waals surface area contributed by atoms with Crippen molar-refractivity contribution in [2.45, 2.75) is 18.8 Å². The molecule has 1 aromatic rings. The fraction of sp³-hybridized carbons (Fsp3) is 0.625. The Morgan fingerprint density at radius 2 is 2.50 bits per heavy atom. The van der Waals surface area contributed by atoms with Crippen LogP contribution >= 0.6 is 0 Å². The van der Waals surface area contributed by atoms with E-state index in [0.717, 1.165) is 12.3 Å². The lowest BCUT2D eigenvalue weighted by molar-refractivity contribution is 0.145. The van der Waals surface area contributed by atoms with E-state index in [1.807, 2.05) is 0 Å². The number of hydrogen-bond donors (Lipinski definition) is 2. The molecule has 12 heavy (non-hydrogen) atoms. The van der Waals surface area contributed by atoms with Gasteiger partial charge in [0.1, 0.15) is 5.82 Å². The van der Waals surface area contributed by atoms with Crippen molar-refractivity contribution in [3.8, 4) is 0 Å². The lowest BCUT2D eigenvalue weighted by atomic mass is 10.1. The molecular formula is C8H13N3O. The van der Waals surface area contributed by atoms with Gasteiger partial charge in [-0.05, 0) is 12.7 Å². The summed E-state index contributed by atoms with van der Waals surface area (Å²) >= 11 is 0. The number of nitrogens with one attached hydrogen (secondary N) is 1. The van der Waals surface area contributed by atoms with E-state index in [1.165, 1.54) is 0 Å². The van der Waals surface area contributed by atoms with Crippen molar-refractivity contribution in [3.05, 3.63) is 12.3 Å². The molecule has 0 radical (unpaired) electrons. The standard InChI is InChI=1S/C8H13N3O/c12-7-2-5-11(6-3-7)8-1-4-9-10-8/h1,4,7,12H,2-3,5-6H2,(H,9,10)/i2D2,3D2,5D2,6D2,7D. The van der Waals surface area contributed by atoms with E-state index in [4.69, 9.17) is 12.3 Å². The van der Waals surface area contributed by atoms with Gasteiger partial charge >= 0.3 is 0 Å². The van der Waals surface area contributed by atoms with Crippen molar-refractivity contribution in [2.75, 3.05) is 17.9 Å². The van der Waals surface area contributed by atoms with Gasteiger partial charge in [0.25, 0.3) is 0 Å². The van der Waals surface area contributed by atoms with Crippen LogP contribution < -0.4 is 4.90 Å². The third-order valence-electron chi connectivity index (χ3n) is 1.30. The van der Waals surface area contributed by atoms with Crippen molar-refractivity contribution in [3.63, 3.8) is 0 Å². The minimum atomic E-state index is -3.65. The molecule has 2 heterocycles. The second-order valence-electron chi connectivity index (χ2n) is 2.10. The number of piperidine rings is 1. The number of aromatic amines is 1. The summed E-state index contributed by atoms with van der Waals surface area (Å²) in [5.74, 6) is -0.312. The van der Waals surface area contributed by atoms with Gasteiger partial charge in [0.15, 0.2) is 0 Å². The molecule has 2 rings (SSSR count). The number of rotatable bonds is 1. The van der Waals surface area contributed by atoms with Gasteiger partial charge in [0.05, 0.1) is 13.6 Å². The van der Waals surface area contributed by atoms with Crippen LogP contribution in [0.2, 0.25) is 0 Å². The predicted octanol–water partition coefficient (Wildman–Crippen LogP) is 0.371. The Bertz CT molecular complexity index is 511. The molecule has 1 aliphatic rings. The molecule has 1 aliphatic heterocycles. The van der Waals surface area contributed by atoms with Crippen molar-refractivity contribution >= 4 is 5.82 Å². The van der Waals surface area contributed by atoms with Gasteiger partial charge in [0.2, 0.25) is 0 Å². The number of hydrogen-bond acceptors (Lipinski definition) is 3. The fourth-order valence-corrected chi connectivity index (χ4v) is 0.770. The number of anilines is 1. The summed E-state index contributed by atoms with van der Waals surface area (Å²) in [6, 6.07) is 1.14. The molecule has 1 fully saturated rings. The second-order valence-corrected chi connectivity index (χ2v) is 2.10. The number of H-pyrrole nitrogens is 1. The van der Waals surface area contributed by atoms with Gasteiger partial charge in [0, 0.05) is 30.0 Å². The summed E-state index contributed by atoms with van der Waals surface area (Å²) in [6.45, 7) is -6.43. The van der Waals surface area contributed by atoms with Crippen LogP contribution in [0.4, 0.5) is 5.82 Å². The fourth-order valence-electron chi connectivity index (χ4n) is 0.770. The van der Waals surface area contributed by atoms with Crippen LogP contribution in [0.1, 0.15) is 25.1 Å². The summed E-state index contributed by atoms with van der Waals surface area (Å²) in [4.78, 5) is 0.190. The first-order chi connectivity index (χ1) is 9.23. The molecule has 0 spiro atoms. The zero-order chi connectivity index (χ0) is 16.5. The molecule has 4 nitrogen and oxygen atoms in total. The smallest absolute Gasteiger partial charge is 0.123 e. The van der Waals surface area contributed by atoms with Crippen molar-refractivity contribution in [1.82, 2.24) is 10.2 Å². The largest absolute Gasteiger partial charge is 0.393 e. The number of aliphatic hydroxyl groups is 1. The lowest BCUT2D eigenvalue weighted by Gasteiger charge is -2.29. The van der Waals surface area contributed by atoms with E-state index in [1.54, 1.807) is 0 Å². The highest BCUT2D eigenvalue weighted by molar-refractivity contribution is 5.36. The van der Waals surface area contributed by atoms with E-state index >= 15 is 0 Å². The first kappa shape index (κ1) is 2.48. The maximum atomic E-state index is 9.90. The van der Waals surface area contributed by atoms with Gasteiger partial charge in [-0.25, -0.2) is 0 Å². The van der Waals surface area contributed by atoms with Crippen LogP contribution in [0.5, 0.6) is 0 Å². The minimum absolute atomic E-state index is 0.190. The average Bonchev–Trinajstić information content (AvgIpc) is 2.79. The molecule has 0 saturated carbocycles. The molecule has 0 atom stereocenters. The molecule has 1 saturated heterocycles. The van der Waals surface area contributed by atoms with Crippen LogP contribution in [0.15, 0.2) is 12.3 Å². The number of aromatic nitrogens is 2. The Morgan fingerprint density at radius 3 is 3.08 bits per heavy atom. The van der Waals surface area contributed by atoms with Crippen molar-refractivity contribution in [1.29, 1.82) is 0 Å². The first-order valence-electron chi connectivity index (χ1n) is 7.75. The molecule has 2 N–H and O–H groups in total. The van der Waals surface area contributed by atoms with Crippen LogP contribution in [-0.4, -0.2) is 34.4 Å². The summed E-state index contributed by atoms with van der Waals surface area (Å²) in [5.41, 5.74) is 0. The molecule has 0 unspecified atom stereocenters. The third kappa shape index (κ3) is 1.43. The quantitative estimate of drug-likeness (QED) is 0.650. The molecular weight excluding hydrogens is 154 g/mol. The van der Waals surface area contributed by atoms with E-state index < -0.39 is 31.8 Å². The topological polar surface area (TPSA) is 52.2 Å². The molecule has 1 aromatic heterocycles. The van der Waals surface area contributed by atoms with Crippen LogP contribution in [0, 0.1) is 0 Å². The Morgan fingerprint density at radius 1 is 1.75 bits per heavy atom. The summed E-state index contributed by atoms with van der Waals surface area (Å²) in [5, 5.41) is 15.6. The summed E-state index contributed by atoms with van der Waals surface area (Å²) < 4.78 is 69.5. The number of nitrogens with zero attached hydrogens (tertiary/aromatic N) is 2. The monoisotopic (exact) mass is 176 g/mol. The Labute approximate surface area is 83.8 Å². The van der Waals surface area contributed by atoms with Gasteiger partial charge in [-0.3, -0.25) is 5.10 Å². The third-order valence-corrected chi connectivity index (χ3v) is 1.30. The normalized spacial score (nSPS) is 50.4. The van der Waals surface area contributed by atoms with Crippen molar-refractivity contribution < 1.29 is 17.4 Å². The van der Waals surface area contributed by atoms with E-state index in [2.05, 4.69) is 10.2 Å². The highest BCUT2D eigenvalue weighted by Crippen LogP contribution is 2.16. The van der Waals surface area contributed by atoms with E-state index in [-0.39, 0.29) is 10.7 Å². The lowest BCUT2D eigenvalue weighted by Crippen LogP contribution is -2.35. The van der Waals surface area contributed by atoms with E-state index in [9.17, 15) is 5.11 Å². The second kappa shape index (κ2) is 3.15. The highest BCUT2D eigenvalue weighted by Gasteiger charge is 2.17. The molecule has 0 amide bonds. The van der Waals surface area contributed by atoms with Gasteiger partial charge < -0.3 is 10.0 Å². The Kier molecular flexibility index (Phi) is 0.650. The van der Waals surface area contributed by atoms with Crippen LogP contribution in [-0.2, 0) is 0 Å². The maximum absolute atomic E-state index is 9.90. The first-order valence-corrected chi connectivity index (χ1v) is 3.25. The Hall–Kier alpha value is -1.03. The Balaban J connectivity index is 2.77. The van der Waals surface area contributed by atoms with Gasteiger partial charge in [-0.1, -0.05) is 0 Å². The summed E-state index contributed by atoms with van der Waals surface area (Å²) in [6.07, 6.45) is -9.35. The molecule has 4 heteroatoms. The molecule has 66 valence electrons. The minimum Gasteiger partial charge on any atom is -0.393 e. The SMILES string of the molecule is [2H]C1([2H])N(c2ccn[nH]2)C([2H])([2H])C([2H])([2H])C([2H])(O)C1([2H])[2H]. The van der Waals surface area contributed by atoms with E-state index in [0.29, 0.717) is 0 Å². The van der Waals surface area contributed by atoms with Crippen LogP contribution in [0.25, 0.3) is 0 Å². The average molecular weight is 176 g/mol. The molecule has 0 aliphatic carbocycles. The summed E-state index contributed by atoms with van der Waals surface area (Å²) in [7, 11) is 0. The maximum Gasteiger partial charge on any atom is 0.123 e. The zero-order valence-corrected chi connectivity index (χ0v) is 6.00. The van der Waals surface area contributed by atoms with Crippen molar-refractivity contribution in [2.24, 2.45) is 0 Å². The van der Waals surface area contributed by atoms with Gasteiger partial charge in [-0.15, -0.1) is 0 Å².